The van der Waals surface area contributed by atoms with Crippen LogP contribution in [-0.2, 0) is 17.6 Å². The summed E-state index contributed by atoms with van der Waals surface area (Å²) >= 11 is 0. The van der Waals surface area contributed by atoms with E-state index < -0.39 is 0 Å². The van der Waals surface area contributed by atoms with Crippen LogP contribution in [0.2, 0.25) is 0 Å². The smallest absolute Gasteiger partial charge is 0.227 e. The number of rotatable bonds is 5. The number of aryl methyl sites for hydroxylation is 2. The highest BCUT2D eigenvalue weighted by Gasteiger charge is 2.29. The van der Waals surface area contributed by atoms with Crippen LogP contribution in [0.1, 0.15) is 48.2 Å². The number of likely N-dealkylation sites (N-methyl/N-ethyl adjacent to an activating group) is 1. The van der Waals surface area contributed by atoms with Gasteiger partial charge in [0.25, 0.3) is 0 Å². The maximum absolute atomic E-state index is 13.0. The molecule has 3 rings (SSSR count). The maximum Gasteiger partial charge on any atom is 0.227 e. The number of benzene rings is 1. The van der Waals surface area contributed by atoms with Gasteiger partial charge < -0.3 is 9.64 Å². The Morgan fingerprint density at radius 2 is 2.20 bits per heavy atom. The van der Waals surface area contributed by atoms with E-state index in [4.69, 9.17) is 4.74 Å². The van der Waals surface area contributed by atoms with Gasteiger partial charge in [-0.25, -0.2) is 0 Å². The van der Waals surface area contributed by atoms with Gasteiger partial charge in [-0.2, -0.15) is 0 Å². The first-order chi connectivity index (χ1) is 12.1. The van der Waals surface area contributed by atoms with Crippen molar-refractivity contribution in [3.8, 4) is 5.75 Å². The minimum atomic E-state index is 0.0924. The number of pyridine rings is 1. The van der Waals surface area contributed by atoms with E-state index in [0.717, 1.165) is 41.8 Å². The Hall–Kier alpha value is -2.36. The van der Waals surface area contributed by atoms with Crippen LogP contribution in [-0.4, -0.2) is 29.4 Å². The molecule has 0 spiro atoms. The Balaban J connectivity index is 1.81. The van der Waals surface area contributed by atoms with Crippen molar-refractivity contribution in [2.45, 2.75) is 45.6 Å². The molecule has 0 N–H and O–H groups in total. The quantitative estimate of drug-likeness (QED) is 0.831. The Kier molecular flexibility index (Phi) is 5.37. The lowest BCUT2D eigenvalue weighted by Gasteiger charge is -2.34. The van der Waals surface area contributed by atoms with Gasteiger partial charge in [0.2, 0.25) is 5.91 Å². The van der Waals surface area contributed by atoms with E-state index in [0.29, 0.717) is 13.0 Å². The standard InChI is InChI=1S/C21H26N2O2/c1-4-23(18-9-5-7-17-8-6-12-22-21(17)18)20(24)14-16-11-10-15(2)19(13-16)25-3/h6,8,10-13,18H,4-5,7,9,14H2,1-3H3. The zero-order valence-electron chi connectivity index (χ0n) is 15.3. The molecule has 25 heavy (non-hydrogen) atoms. The second-order valence-corrected chi connectivity index (χ2v) is 6.62. The Morgan fingerprint density at radius 1 is 1.36 bits per heavy atom. The molecule has 1 heterocycles. The van der Waals surface area contributed by atoms with E-state index in [1.54, 1.807) is 7.11 Å². The number of carbonyl (C=O) groups is 1. The third-order valence-corrected chi connectivity index (χ3v) is 5.03. The second-order valence-electron chi connectivity index (χ2n) is 6.62. The molecule has 0 aliphatic heterocycles. The minimum absolute atomic E-state index is 0.0924. The predicted molar refractivity (Wildman–Crippen MR) is 98.7 cm³/mol. The summed E-state index contributed by atoms with van der Waals surface area (Å²) in [4.78, 5) is 19.6. The highest BCUT2D eigenvalue weighted by molar-refractivity contribution is 5.79. The number of carbonyl (C=O) groups excluding carboxylic acids is 1. The van der Waals surface area contributed by atoms with Gasteiger partial charge in [0.05, 0.1) is 25.3 Å². The van der Waals surface area contributed by atoms with Crippen LogP contribution in [0, 0.1) is 6.92 Å². The van der Waals surface area contributed by atoms with Crippen LogP contribution in [0.4, 0.5) is 0 Å². The minimum Gasteiger partial charge on any atom is -0.496 e. The molecular formula is C21H26N2O2. The van der Waals surface area contributed by atoms with E-state index in [1.165, 1.54) is 5.56 Å². The van der Waals surface area contributed by atoms with Gasteiger partial charge in [-0.15, -0.1) is 0 Å². The number of nitrogens with zero attached hydrogens (tertiary/aromatic N) is 2. The van der Waals surface area contributed by atoms with Crippen molar-refractivity contribution in [1.29, 1.82) is 0 Å². The Bertz CT molecular complexity index is 757. The highest BCUT2D eigenvalue weighted by atomic mass is 16.5. The zero-order chi connectivity index (χ0) is 17.8. The van der Waals surface area contributed by atoms with Crippen molar-refractivity contribution in [2.75, 3.05) is 13.7 Å². The zero-order valence-corrected chi connectivity index (χ0v) is 15.3. The fraction of sp³-hybridized carbons (Fsp3) is 0.429. The number of fused-ring (bicyclic) bond motifs is 1. The SMILES string of the molecule is CCN(C(=O)Cc1ccc(C)c(OC)c1)C1CCCc2cccnc21. The van der Waals surface area contributed by atoms with Gasteiger partial charge in [-0.3, -0.25) is 9.78 Å². The molecule has 0 radical (unpaired) electrons. The molecule has 0 saturated heterocycles. The van der Waals surface area contributed by atoms with Crippen LogP contribution in [0.25, 0.3) is 0 Å². The number of ether oxygens (including phenoxy) is 1. The van der Waals surface area contributed by atoms with E-state index in [1.807, 2.05) is 49.2 Å². The monoisotopic (exact) mass is 338 g/mol. The van der Waals surface area contributed by atoms with Crippen LogP contribution >= 0.6 is 0 Å². The average Bonchev–Trinajstić information content (AvgIpc) is 2.64. The van der Waals surface area contributed by atoms with Crippen LogP contribution in [0.15, 0.2) is 36.5 Å². The Morgan fingerprint density at radius 3 is 2.96 bits per heavy atom. The van der Waals surface area contributed by atoms with Gasteiger partial charge in [0, 0.05) is 12.7 Å². The van der Waals surface area contributed by atoms with E-state index in [2.05, 4.69) is 11.1 Å². The first-order valence-electron chi connectivity index (χ1n) is 9.00. The Labute approximate surface area is 149 Å². The summed E-state index contributed by atoms with van der Waals surface area (Å²) in [6.07, 6.45) is 5.37. The molecular weight excluding hydrogens is 312 g/mol. The fourth-order valence-electron chi connectivity index (χ4n) is 3.71. The highest BCUT2D eigenvalue weighted by Crippen LogP contribution is 2.33. The van der Waals surface area contributed by atoms with Gasteiger partial charge in [0.1, 0.15) is 5.75 Å². The van der Waals surface area contributed by atoms with Gasteiger partial charge in [-0.1, -0.05) is 18.2 Å². The number of aromatic nitrogens is 1. The molecule has 2 aromatic rings. The van der Waals surface area contributed by atoms with Crippen molar-refractivity contribution in [3.05, 3.63) is 58.9 Å². The summed E-state index contributed by atoms with van der Waals surface area (Å²) < 4.78 is 5.38. The number of hydrogen-bond acceptors (Lipinski definition) is 3. The third-order valence-electron chi connectivity index (χ3n) is 5.03. The van der Waals surface area contributed by atoms with E-state index >= 15 is 0 Å². The van der Waals surface area contributed by atoms with Crippen LogP contribution in [0.3, 0.4) is 0 Å². The van der Waals surface area contributed by atoms with Crippen molar-refractivity contribution in [2.24, 2.45) is 0 Å². The summed E-state index contributed by atoms with van der Waals surface area (Å²) in [5.41, 5.74) is 4.42. The van der Waals surface area contributed by atoms with Crippen LogP contribution in [0.5, 0.6) is 5.75 Å². The van der Waals surface area contributed by atoms with Gasteiger partial charge in [-0.05, 0) is 61.9 Å². The molecule has 1 aliphatic carbocycles. The van der Waals surface area contributed by atoms with Crippen molar-refractivity contribution in [1.82, 2.24) is 9.88 Å². The van der Waals surface area contributed by atoms with Crippen molar-refractivity contribution < 1.29 is 9.53 Å². The van der Waals surface area contributed by atoms with Gasteiger partial charge >= 0.3 is 0 Å². The second kappa shape index (κ2) is 7.68. The van der Waals surface area contributed by atoms with Crippen molar-refractivity contribution >= 4 is 5.91 Å². The maximum atomic E-state index is 13.0. The molecule has 4 nitrogen and oxygen atoms in total. The normalized spacial score (nSPS) is 16.2. The number of hydrogen-bond donors (Lipinski definition) is 0. The molecule has 0 bridgehead atoms. The van der Waals surface area contributed by atoms with Crippen LogP contribution < -0.4 is 4.74 Å². The largest absolute Gasteiger partial charge is 0.496 e. The van der Waals surface area contributed by atoms with E-state index in [-0.39, 0.29) is 11.9 Å². The molecule has 1 atom stereocenters. The van der Waals surface area contributed by atoms with Crippen molar-refractivity contribution in [3.63, 3.8) is 0 Å². The van der Waals surface area contributed by atoms with E-state index in [9.17, 15) is 4.79 Å². The predicted octanol–water partition coefficient (Wildman–Crippen LogP) is 3.87. The summed E-state index contributed by atoms with van der Waals surface area (Å²) in [6.45, 7) is 4.75. The molecule has 1 unspecified atom stereocenters. The topological polar surface area (TPSA) is 42.4 Å². The molecule has 1 aliphatic rings. The lowest BCUT2D eigenvalue weighted by molar-refractivity contribution is -0.133. The lowest BCUT2D eigenvalue weighted by Crippen LogP contribution is -2.38. The lowest BCUT2D eigenvalue weighted by atomic mass is 9.90. The fourth-order valence-corrected chi connectivity index (χ4v) is 3.71. The number of methoxy groups -OCH3 is 1. The van der Waals surface area contributed by atoms with Gasteiger partial charge in [0.15, 0.2) is 0 Å². The molecule has 0 saturated carbocycles. The third kappa shape index (κ3) is 3.68. The molecule has 1 aromatic carbocycles. The molecule has 1 amide bonds. The summed E-state index contributed by atoms with van der Waals surface area (Å²) in [5, 5.41) is 0. The number of amides is 1. The average molecular weight is 338 g/mol. The summed E-state index contributed by atoms with van der Waals surface area (Å²) in [6, 6.07) is 10.2. The summed E-state index contributed by atoms with van der Waals surface area (Å²) in [7, 11) is 1.66. The molecule has 132 valence electrons. The molecule has 4 heteroatoms. The first kappa shape index (κ1) is 17.5. The molecule has 1 aromatic heterocycles. The summed E-state index contributed by atoms with van der Waals surface area (Å²) in [5.74, 6) is 0.981. The first-order valence-corrected chi connectivity index (χ1v) is 9.00. The molecule has 0 fully saturated rings.